The summed E-state index contributed by atoms with van der Waals surface area (Å²) in [4.78, 5) is 6.95. The van der Waals surface area contributed by atoms with Gasteiger partial charge in [0, 0.05) is 40.4 Å². The third-order valence-electron chi connectivity index (χ3n) is 4.80. The number of hydrogen-bond donors (Lipinski definition) is 1. The molecule has 1 saturated heterocycles. The predicted molar refractivity (Wildman–Crippen MR) is 99.5 cm³/mol. The summed E-state index contributed by atoms with van der Waals surface area (Å²) in [6.45, 7) is 4.34. The minimum absolute atomic E-state index is 0. The molecule has 4 nitrogen and oxygen atoms in total. The molecule has 0 aromatic rings. The number of nitrogens with zero attached hydrogens (tertiary/aromatic N) is 2. The van der Waals surface area contributed by atoms with Crippen LogP contribution in [-0.2, 0) is 4.74 Å². The van der Waals surface area contributed by atoms with E-state index in [0.29, 0.717) is 0 Å². The molecule has 2 atom stereocenters. The van der Waals surface area contributed by atoms with E-state index in [2.05, 4.69) is 15.2 Å². The maximum Gasteiger partial charge on any atom is 0.193 e. The van der Waals surface area contributed by atoms with Gasteiger partial charge in [-0.15, -0.1) is 24.0 Å². The first-order valence-electron chi connectivity index (χ1n) is 8.29. The van der Waals surface area contributed by atoms with Crippen molar-refractivity contribution in [2.75, 3.05) is 40.4 Å². The molecule has 0 spiro atoms. The second-order valence-corrected chi connectivity index (χ2v) is 6.24. The molecule has 21 heavy (non-hydrogen) atoms. The van der Waals surface area contributed by atoms with Gasteiger partial charge in [0.15, 0.2) is 5.96 Å². The van der Waals surface area contributed by atoms with Gasteiger partial charge in [0.1, 0.15) is 0 Å². The zero-order chi connectivity index (χ0) is 14.2. The van der Waals surface area contributed by atoms with Crippen molar-refractivity contribution in [1.82, 2.24) is 10.2 Å². The van der Waals surface area contributed by atoms with Crippen LogP contribution in [0.3, 0.4) is 0 Å². The van der Waals surface area contributed by atoms with Crippen molar-refractivity contribution in [3.05, 3.63) is 0 Å². The normalized spacial score (nSPS) is 25.4. The first-order chi connectivity index (χ1) is 9.85. The van der Waals surface area contributed by atoms with Crippen molar-refractivity contribution < 1.29 is 4.74 Å². The minimum atomic E-state index is 0. The quantitative estimate of drug-likeness (QED) is 0.317. The maximum absolute atomic E-state index is 5.07. The van der Waals surface area contributed by atoms with E-state index in [1.807, 2.05) is 7.05 Å². The Morgan fingerprint density at radius 1 is 1.14 bits per heavy atom. The maximum atomic E-state index is 5.07. The van der Waals surface area contributed by atoms with Crippen LogP contribution in [0.1, 0.15) is 44.9 Å². The Labute approximate surface area is 147 Å². The average Bonchev–Trinajstić information content (AvgIpc) is 2.90. The fourth-order valence-electron chi connectivity index (χ4n) is 3.66. The van der Waals surface area contributed by atoms with E-state index in [4.69, 9.17) is 4.74 Å². The summed E-state index contributed by atoms with van der Waals surface area (Å²) in [7, 11) is 3.68. The van der Waals surface area contributed by atoms with Gasteiger partial charge in [-0.25, -0.2) is 0 Å². The molecule has 2 rings (SSSR count). The number of unbranched alkanes of at least 4 members (excludes halogenated alkanes) is 2. The number of likely N-dealkylation sites (tertiary alicyclic amines) is 1. The molecule has 5 heteroatoms. The van der Waals surface area contributed by atoms with Crippen molar-refractivity contribution >= 4 is 29.9 Å². The number of aliphatic imine (C=N–C) groups is 1. The summed E-state index contributed by atoms with van der Waals surface area (Å²) in [6.07, 6.45) is 9.29. The van der Waals surface area contributed by atoms with Gasteiger partial charge in [-0.05, 0) is 43.9 Å². The smallest absolute Gasteiger partial charge is 0.193 e. The van der Waals surface area contributed by atoms with Crippen LogP contribution in [0.4, 0.5) is 0 Å². The Kier molecular flexibility index (Phi) is 9.64. The highest BCUT2D eigenvalue weighted by atomic mass is 127. The van der Waals surface area contributed by atoms with E-state index in [1.54, 1.807) is 7.11 Å². The van der Waals surface area contributed by atoms with Gasteiger partial charge in [-0.1, -0.05) is 12.8 Å². The first kappa shape index (κ1) is 19.0. The van der Waals surface area contributed by atoms with E-state index >= 15 is 0 Å². The zero-order valence-electron chi connectivity index (χ0n) is 13.6. The summed E-state index contributed by atoms with van der Waals surface area (Å²) in [5.74, 6) is 2.96. The number of ether oxygens (including phenoxy) is 1. The molecule has 1 saturated carbocycles. The summed E-state index contributed by atoms with van der Waals surface area (Å²) >= 11 is 0. The SMILES string of the molecule is CN=C(NCCCCCOC)N1CC2CCCCC2C1.I. The lowest BCUT2D eigenvalue weighted by molar-refractivity contribution is 0.192. The van der Waals surface area contributed by atoms with Crippen molar-refractivity contribution in [3.63, 3.8) is 0 Å². The summed E-state index contributed by atoms with van der Waals surface area (Å²) in [5, 5.41) is 3.53. The number of methoxy groups -OCH3 is 1. The zero-order valence-corrected chi connectivity index (χ0v) is 16.0. The van der Waals surface area contributed by atoms with E-state index < -0.39 is 0 Å². The lowest BCUT2D eigenvalue weighted by atomic mass is 9.82. The topological polar surface area (TPSA) is 36.9 Å². The van der Waals surface area contributed by atoms with E-state index in [-0.39, 0.29) is 24.0 Å². The monoisotopic (exact) mass is 409 g/mol. The van der Waals surface area contributed by atoms with Gasteiger partial charge in [0.25, 0.3) is 0 Å². The molecule has 0 aromatic carbocycles. The molecule has 2 fully saturated rings. The Hall–Kier alpha value is -0.0400. The Morgan fingerprint density at radius 2 is 1.81 bits per heavy atom. The highest BCUT2D eigenvalue weighted by Crippen LogP contribution is 2.35. The van der Waals surface area contributed by atoms with Gasteiger partial charge in [0.2, 0.25) is 0 Å². The largest absolute Gasteiger partial charge is 0.385 e. The standard InChI is InChI=1S/C16H31N3O.HI/c1-17-16(18-10-6-3-7-11-20-2)19-12-14-8-4-5-9-15(14)13-19;/h14-15H,3-13H2,1-2H3,(H,17,18);1H. The van der Waals surface area contributed by atoms with E-state index in [0.717, 1.165) is 37.4 Å². The molecule has 1 aliphatic carbocycles. The number of hydrogen-bond acceptors (Lipinski definition) is 2. The highest BCUT2D eigenvalue weighted by Gasteiger charge is 2.35. The summed E-state index contributed by atoms with van der Waals surface area (Å²) in [5.41, 5.74) is 0. The van der Waals surface area contributed by atoms with Gasteiger partial charge in [-0.3, -0.25) is 4.99 Å². The van der Waals surface area contributed by atoms with E-state index in [9.17, 15) is 0 Å². The Balaban J connectivity index is 0.00000220. The molecule has 0 radical (unpaired) electrons. The Morgan fingerprint density at radius 3 is 2.38 bits per heavy atom. The molecule has 2 unspecified atom stereocenters. The van der Waals surface area contributed by atoms with Crippen LogP contribution in [0, 0.1) is 11.8 Å². The van der Waals surface area contributed by atoms with Crippen molar-refractivity contribution in [3.8, 4) is 0 Å². The molecular formula is C16H32IN3O. The van der Waals surface area contributed by atoms with Crippen LogP contribution in [-0.4, -0.2) is 51.3 Å². The number of nitrogens with one attached hydrogen (secondary N) is 1. The van der Waals surface area contributed by atoms with Crippen LogP contribution < -0.4 is 5.32 Å². The molecule has 2 aliphatic rings. The summed E-state index contributed by atoms with van der Waals surface area (Å²) in [6, 6.07) is 0. The van der Waals surface area contributed by atoms with Gasteiger partial charge in [-0.2, -0.15) is 0 Å². The minimum Gasteiger partial charge on any atom is -0.385 e. The number of fused-ring (bicyclic) bond motifs is 1. The molecule has 0 amide bonds. The highest BCUT2D eigenvalue weighted by molar-refractivity contribution is 14.0. The number of rotatable bonds is 6. The fourth-order valence-corrected chi connectivity index (χ4v) is 3.66. The fraction of sp³-hybridized carbons (Fsp3) is 0.938. The molecular weight excluding hydrogens is 377 g/mol. The Bertz CT molecular complexity index is 298. The van der Waals surface area contributed by atoms with Crippen LogP contribution in [0.2, 0.25) is 0 Å². The van der Waals surface area contributed by atoms with Crippen molar-refractivity contribution in [2.45, 2.75) is 44.9 Å². The van der Waals surface area contributed by atoms with Crippen LogP contribution >= 0.6 is 24.0 Å². The van der Waals surface area contributed by atoms with Gasteiger partial charge in [0.05, 0.1) is 0 Å². The van der Waals surface area contributed by atoms with E-state index in [1.165, 1.54) is 51.6 Å². The molecule has 1 aliphatic heterocycles. The number of halogens is 1. The second kappa shape index (κ2) is 10.6. The third kappa shape index (κ3) is 5.93. The molecule has 1 N–H and O–H groups in total. The third-order valence-corrected chi connectivity index (χ3v) is 4.80. The molecule has 0 aromatic heterocycles. The van der Waals surface area contributed by atoms with Gasteiger partial charge < -0.3 is 15.0 Å². The van der Waals surface area contributed by atoms with Crippen LogP contribution in [0.25, 0.3) is 0 Å². The second-order valence-electron chi connectivity index (χ2n) is 6.24. The first-order valence-corrected chi connectivity index (χ1v) is 8.29. The van der Waals surface area contributed by atoms with Crippen molar-refractivity contribution in [2.24, 2.45) is 16.8 Å². The van der Waals surface area contributed by atoms with Crippen LogP contribution in [0.5, 0.6) is 0 Å². The molecule has 1 heterocycles. The van der Waals surface area contributed by atoms with Gasteiger partial charge >= 0.3 is 0 Å². The molecule has 0 bridgehead atoms. The van der Waals surface area contributed by atoms with Crippen LogP contribution in [0.15, 0.2) is 4.99 Å². The summed E-state index contributed by atoms with van der Waals surface area (Å²) < 4.78 is 5.07. The number of guanidine groups is 1. The lowest BCUT2D eigenvalue weighted by Crippen LogP contribution is -2.40. The molecule has 124 valence electrons. The lowest BCUT2D eigenvalue weighted by Gasteiger charge is -2.22. The predicted octanol–water partition coefficient (Wildman–Crippen LogP) is 3.12. The van der Waals surface area contributed by atoms with Crippen molar-refractivity contribution in [1.29, 1.82) is 0 Å². The average molecular weight is 409 g/mol.